The van der Waals surface area contributed by atoms with E-state index in [-0.39, 0.29) is 64.8 Å². The van der Waals surface area contributed by atoms with E-state index in [1.807, 2.05) is 0 Å². The molecule has 2 amide bonds. The summed E-state index contributed by atoms with van der Waals surface area (Å²) in [7, 11) is 0. The van der Waals surface area contributed by atoms with Gasteiger partial charge in [-0.3, -0.25) is 28.8 Å². The highest BCUT2D eigenvalue weighted by Gasteiger charge is 2.28. The fourth-order valence-corrected chi connectivity index (χ4v) is 8.74. The van der Waals surface area contributed by atoms with Gasteiger partial charge in [0.15, 0.2) is 5.78 Å². The summed E-state index contributed by atoms with van der Waals surface area (Å²) in [4.78, 5) is 79.2. The van der Waals surface area contributed by atoms with Crippen molar-refractivity contribution >= 4 is 46.9 Å². The predicted octanol–water partition coefficient (Wildman–Crippen LogP) is 10.8. The summed E-state index contributed by atoms with van der Waals surface area (Å²) in [6.45, 7) is 6.58. The lowest BCUT2D eigenvalue weighted by Gasteiger charge is -2.24. The second kappa shape index (κ2) is 20.8. The Morgan fingerprint density at radius 2 is 0.746 bits per heavy atom. The Morgan fingerprint density at radius 3 is 1.08 bits per heavy atom. The summed E-state index contributed by atoms with van der Waals surface area (Å²) in [6, 6.07) is 24.1. The number of hydrogen-bond donors (Lipinski definition) is 2. The third kappa shape index (κ3) is 12.5. The van der Waals surface area contributed by atoms with Crippen molar-refractivity contribution in [3.05, 3.63) is 113 Å². The molecule has 0 atom stereocenters. The van der Waals surface area contributed by atoms with Crippen LogP contribution in [0.1, 0.15) is 134 Å². The number of amides is 2. The molecule has 0 radical (unpaired) electrons. The molecule has 2 N–H and O–H groups in total. The SMILES string of the molecule is CC1CCC(C(=O)Oc2ccc(CC(=O)c3cc(NC(=O)c4ccc(OC(=O)C5CCC(C)CC5)cc4)cc(NC(=O)c4ccc(OC(=O)C5CCC(C)CC5)cc4)c3)cc2)CC1. The first kappa shape index (κ1) is 44.9. The van der Waals surface area contributed by atoms with E-state index in [1.165, 1.54) is 0 Å². The highest BCUT2D eigenvalue weighted by atomic mass is 16.5. The first-order chi connectivity index (χ1) is 30.3. The van der Waals surface area contributed by atoms with Gasteiger partial charge in [-0.25, -0.2) is 0 Å². The molecule has 4 aromatic rings. The highest BCUT2D eigenvalue weighted by molar-refractivity contribution is 6.08. The van der Waals surface area contributed by atoms with Crippen LogP contribution in [-0.4, -0.2) is 35.5 Å². The smallest absolute Gasteiger partial charge is 0.314 e. The Bertz CT molecular complexity index is 2150. The molecule has 0 heterocycles. The lowest BCUT2D eigenvalue weighted by atomic mass is 9.83. The highest BCUT2D eigenvalue weighted by Crippen LogP contribution is 2.32. The van der Waals surface area contributed by atoms with Gasteiger partial charge >= 0.3 is 17.9 Å². The van der Waals surface area contributed by atoms with Crippen molar-refractivity contribution in [1.82, 2.24) is 0 Å². The van der Waals surface area contributed by atoms with Gasteiger partial charge in [0, 0.05) is 34.5 Å². The van der Waals surface area contributed by atoms with Gasteiger partial charge in [0.1, 0.15) is 17.2 Å². The van der Waals surface area contributed by atoms with Crippen molar-refractivity contribution in [3.63, 3.8) is 0 Å². The Balaban J connectivity index is 1.03. The van der Waals surface area contributed by atoms with E-state index in [4.69, 9.17) is 14.2 Å². The minimum atomic E-state index is -0.475. The van der Waals surface area contributed by atoms with E-state index in [2.05, 4.69) is 31.4 Å². The second-order valence-electron chi connectivity index (χ2n) is 18.1. The maximum Gasteiger partial charge on any atom is 0.314 e. The van der Waals surface area contributed by atoms with Crippen LogP contribution >= 0.6 is 0 Å². The molecule has 0 unspecified atom stereocenters. The molecule has 0 spiro atoms. The number of esters is 3. The molecular weight excluding hydrogens is 797 g/mol. The van der Waals surface area contributed by atoms with Crippen LogP contribution in [0.3, 0.4) is 0 Å². The molecule has 0 aromatic heterocycles. The molecule has 63 heavy (non-hydrogen) atoms. The maximum atomic E-state index is 13.8. The summed E-state index contributed by atoms with van der Waals surface area (Å²) in [5.41, 5.74) is 2.04. The molecule has 4 aromatic carbocycles. The molecule has 3 aliphatic carbocycles. The number of Topliss-reactive ketones (excluding diaryl/α,β-unsaturated/α-hetero) is 1. The van der Waals surface area contributed by atoms with Crippen molar-refractivity contribution in [2.75, 3.05) is 10.6 Å². The fourth-order valence-electron chi connectivity index (χ4n) is 8.74. The van der Waals surface area contributed by atoms with Gasteiger partial charge in [0.05, 0.1) is 17.8 Å². The van der Waals surface area contributed by atoms with Crippen molar-refractivity contribution < 1.29 is 43.0 Å². The number of carbonyl (C=O) groups is 6. The average molecular weight is 855 g/mol. The van der Waals surface area contributed by atoms with Crippen LogP contribution in [0.5, 0.6) is 17.2 Å². The molecule has 3 aliphatic rings. The van der Waals surface area contributed by atoms with Crippen molar-refractivity contribution in [3.8, 4) is 17.2 Å². The number of carbonyl (C=O) groups excluding carboxylic acids is 6. The summed E-state index contributed by atoms with van der Waals surface area (Å²) < 4.78 is 16.9. The number of anilines is 2. The molecular formula is C52H58N2O9. The number of rotatable bonds is 13. The third-order valence-electron chi connectivity index (χ3n) is 13.0. The summed E-state index contributed by atoms with van der Waals surface area (Å²) >= 11 is 0. The second-order valence-corrected chi connectivity index (χ2v) is 18.1. The van der Waals surface area contributed by atoms with Crippen molar-refractivity contribution in [2.45, 2.75) is 104 Å². The molecule has 11 nitrogen and oxygen atoms in total. The first-order valence-corrected chi connectivity index (χ1v) is 22.6. The zero-order valence-corrected chi connectivity index (χ0v) is 36.5. The Morgan fingerprint density at radius 1 is 0.429 bits per heavy atom. The molecule has 3 saturated carbocycles. The van der Waals surface area contributed by atoms with E-state index in [9.17, 15) is 28.8 Å². The number of ether oxygens (including phenoxy) is 3. The quantitative estimate of drug-likeness (QED) is 0.0760. The predicted molar refractivity (Wildman–Crippen MR) is 240 cm³/mol. The largest absolute Gasteiger partial charge is 0.426 e. The van der Waals surface area contributed by atoms with Crippen LogP contribution in [0, 0.1) is 35.5 Å². The standard InChI is InChI=1S/C52H58N2O9/c1-32-4-12-38(13-5-32)50(58)61-44-22-10-35(11-23-44)28-47(55)41-29-42(53-48(56)36-18-24-45(25-19-36)62-51(59)39-14-6-33(2)7-15-39)31-43(30-41)54-49(57)37-20-26-46(27-21-37)63-52(60)40-16-8-34(3)9-17-40/h10-11,18-27,29-34,38-40H,4-9,12-17,28H2,1-3H3,(H,53,56)(H,54,57). The van der Waals surface area contributed by atoms with Crippen LogP contribution in [0.2, 0.25) is 0 Å². The van der Waals surface area contributed by atoms with Gasteiger partial charge in [-0.2, -0.15) is 0 Å². The van der Waals surface area contributed by atoms with Gasteiger partial charge in [-0.05, 0) is 179 Å². The molecule has 0 saturated heterocycles. The zero-order valence-electron chi connectivity index (χ0n) is 36.5. The van der Waals surface area contributed by atoms with E-state index >= 15 is 0 Å². The van der Waals surface area contributed by atoms with E-state index in [0.717, 1.165) is 77.0 Å². The molecule has 0 bridgehead atoms. The lowest BCUT2D eigenvalue weighted by Crippen LogP contribution is -2.25. The fraction of sp³-hybridized carbons (Fsp3) is 0.423. The minimum Gasteiger partial charge on any atom is -0.426 e. The molecule has 3 fully saturated rings. The van der Waals surface area contributed by atoms with Crippen molar-refractivity contribution in [1.29, 1.82) is 0 Å². The topological polar surface area (TPSA) is 154 Å². The lowest BCUT2D eigenvalue weighted by molar-refractivity contribution is -0.141. The molecule has 7 rings (SSSR count). The normalized spacial score (nSPS) is 22.2. The minimum absolute atomic E-state index is 0.000341. The Kier molecular flexibility index (Phi) is 14.9. The van der Waals surface area contributed by atoms with E-state index in [1.54, 1.807) is 91.0 Å². The molecule has 0 aliphatic heterocycles. The number of nitrogens with one attached hydrogen (secondary N) is 2. The van der Waals surface area contributed by atoms with Gasteiger partial charge in [0.25, 0.3) is 11.8 Å². The summed E-state index contributed by atoms with van der Waals surface area (Å²) in [5.74, 6) is 0.596. The summed E-state index contributed by atoms with van der Waals surface area (Å²) in [5, 5.41) is 5.70. The first-order valence-electron chi connectivity index (χ1n) is 22.6. The monoisotopic (exact) mass is 854 g/mol. The van der Waals surface area contributed by atoms with Crippen molar-refractivity contribution in [2.24, 2.45) is 35.5 Å². The Labute approximate surface area is 369 Å². The van der Waals surface area contributed by atoms with E-state index in [0.29, 0.717) is 51.7 Å². The molecule has 11 heteroatoms. The van der Waals surface area contributed by atoms with E-state index < -0.39 is 11.8 Å². The summed E-state index contributed by atoms with van der Waals surface area (Å²) in [6.07, 6.45) is 10.8. The van der Waals surface area contributed by atoms with Crippen LogP contribution in [-0.2, 0) is 20.8 Å². The Hall–Kier alpha value is -6.10. The van der Waals surface area contributed by atoms with Gasteiger partial charge in [-0.1, -0.05) is 32.9 Å². The van der Waals surface area contributed by atoms with Crippen LogP contribution in [0.15, 0.2) is 91.0 Å². The van der Waals surface area contributed by atoms with Crippen LogP contribution < -0.4 is 24.8 Å². The average Bonchev–Trinajstić information content (AvgIpc) is 3.28. The maximum absolute atomic E-state index is 13.8. The van der Waals surface area contributed by atoms with Gasteiger partial charge in [0.2, 0.25) is 0 Å². The van der Waals surface area contributed by atoms with Gasteiger partial charge < -0.3 is 24.8 Å². The van der Waals surface area contributed by atoms with Crippen LogP contribution in [0.25, 0.3) is 0 Å². The number of benzene rings is 4. The van der Waals surface area contributed by atoms with Crippen LogP contribution in [0.4, 0.5) is 11.4 Å². The number of ketones is 1. The molecule has 330 valence electrons. The zero-order chi connectivity index (χ0) is 44.5. The van der Waals surface area contributed by atoms with Gasteiger partial charge in [-0.15, -0.1) is 0 Å². The third-order valence-corrected chi connectivity index (χ3v) is 13.0. The number of hydrogen-bond acceptors (Lipinski definition) is 9.